The highest BCUT2D eigenvalue weighted by atomic mass is 35.5. The molecule has 0 aliphatic heterocycles. The summed E-state index contributed by atoms with van der Waals surface area (Å²) in [5.74, 6) is 0.381. The number of alkyl carbamates (subject to hydrolysis) is 1. The predicted octanol–water partition coefficient (Wildman–Crippen LogP) is 7.06. The SMILES string of the molecule is Nc1ccc(-c2cc(Cl)c(Sc3ncccc3CO)c(CNC(=O)OCC3c4ccccc4-c4ccccc43)c2)cn1. The molecule has 0 spiro atoms. The summed E-state index contributed by atoms with van der Waals surface area (Å²) in [4.78, 5) is 22.4. The van der Waals surface area contributed by atoms with E-state index in [1.165, 1.54) is 22.9 Å². The normalized spacial score (nSPS) is 12.0. The lowest BCUT2D eigenvalue weighted by Gasteiger charge is -2.17. The molecule has 6 rings (SSSR count). The molecule has 0 bridgehead atoms. The van der Waals surface area contributed by atoms with Gasteiger partial charge in [0.05, 0.1) is 11.6 Å². The van der Waals surface area contributed by atoms with Gasteiger partial charge in [0.2, 0.25) is 0 Å². The summed E-state index contributed by atoms with van der Waals surface area (Å²) in [6.45, 7) is 0.222. The molecule has 0 radical (unpaired) electrons. The van der Waals surface area contributed by atoms with Gasteiger partial charge in [0.1, 0.15) is 17.5 Å². The number of hydrogen-bond acceptors (Lipinski definition) is 7. The highest BCUT2D eigenvalue weighted by molar-refractivity contribution is 7.99. The fourth-order valence-electron chi connectivity index (χ4n) is 5.19. The van der Waals surface area contributed by atoms with Gasteiger partial charge in [0.15, 0.2) is 0 Å². The van der Waals surface area contributed by atoms with Crippen molar-refractivity contribution in [3.63, 3.8) is 0 Å². The molecule has 4 N–H and O–H groups in total. The van der Waals surface area contributed by atoms with Gasteiger partial charge >= 0.3 is 6.09 Å². The zero-order chi connectivity index (χ0) is 29.1. The summed E-state index contributed by atoms with van der Waals surface area (Å²) in [6.07, 6.45) is 2.81. The Morgan fingerprint density at radius 1 is 0.929 bits per heavy atom. The summed E-state index contributed by atoms with van der Waals surface area (Å²) in [5.41, 5.74) is 13.5. The van der Waals surface area contributed by atoms with Crippen molar-refractivity contribution in [1.29, 1.82) is 0 Å². The van der Waals surface area contributed by atoms with Gasteiger partial charge < -0.3 is 20.9 Å². The zero-order valence-electron chi connectivity index (χ0n) is 22.5. The first-order valence-electron chi connectivity index (χ1n) is 13.4. The summed E-state index contributed by atoms with van der Waals surface area (Å²) in [5, 5.41) is 13.8. The van der Waals surface area contributed by atoms with E-state index in [2.05, 4.69) is 39.6 Å². The summed E-state index contributed by atoms with van der Waals surface area (Å²) >= 11 is 8.16. The molecule has 0 fully saturated rings. The van der Waals surface area contributed by atoms with Crippen molar-refractivity contribution in [2.75, 3.05) is 12.3 Å². The second kappa shape index (κ2) is 12.2. The zero-order valence-corrected chi connectivity index (χ0v) is 24.0. The highest BCUT2D eigenvalue weighted by Gasteiger charge is 2.29. The number of nitrogens with zero attached hydrogens (tertiary/aromatic N) is 2. The Balaban J connectivity index is 1.23. The van der Waals surface area contributed by atoms with Gasteiger partial charge in [-0.25, -0.2) is 14.8 Å². The topological polar surface area (TPSA) is 110 Å². The van der Waals surface area contributed by atoms with Gasteiger partial charge in [-0.05, 0) is 63.7 Å². The van der Waals surface area contributed by atoms with Crippen LogP contribution in [0.15, 0.2) is 107 Å². The van der Waals surface area contributed by atoms with Crippen molar-refractivity contribution < 1.29 is 14.6 Å². The first-order chi connectivity index (χ1) is 20.5. The number of amides is 1. The molecule has 1 aliphatic rings. The predicted molar refractivity (Wildman–Crippen MR) is 165 cm³/mol. The van der Waals surface area contributed by atoms with Crippen molar-refractivity contribution in [1.82, 2.24) is 15.3 Å². The third-order valence-corrected chi connectivity index (χ3v) is 8.88. The Kier molecular flexibility index (Phi) is 8.10. The molecule has 1 amide bonds. The molecule has 2 aromatic heterocycles. The quantitative estimate of drug-likeness (QED) is 0.176. The van der Waals surface area contributed by atoms with E-state index in [0.29, 0.717) is 21.4 Å². The Bertz CT molecular complexity index is 1720. The second-order valence-corrected chi connectivity index (χ2v) is 11.2. The number of carbonyl (C=O) groups is 1. The van der Waals surface area contributed by atoms with Crippen LogP contribution in [0.3, 0.4) is 0 Å². The van der Waals surface area contributed by atoms with Crippen LogP contribution in [0.5, 0.6) is 0 Å². The van der Waals surface area contributed by atoms with Crippen LogP contribution in [0.25, 0.3) is 22.3 Å². The number of ether oxygens (including phenoxy) is 1. The summed E-state index contributed by atoms with van der Waals surface area (Å²) < 4.78 is 5.76. The average Bonchev–Trinajstić information content (AvgIpc) is 3.34. The van der Waals surface area contributed by atoms with Crippen molar-refractivity contribution in [2.45, 2.75) is 29.0 Å². The smallest absolute Gasteiger partial charge is 0.407 e. The van der Waals surface area contributed by atoms with E-state index < -0.39 is 6.09 Å². The molecule has 9 heteroatoms. The number of nitrogen functional groups attached to an aromatic ring is 1. The molecule has 7 nitrogen and oxygen atoms in total. The molecular formula is C33H27ClN4O3S. The standard InChI is InChI=1S/C33H27ClN4O3S/c34-29-15-22(20-11-12-30(35)37-16-20)14-23(31(29)42-32-21(18-39)6-5-13-36-32)17-38-33(40)41-19-28-26-9-3-1-7-24(26)25-8-2-4-10-27(25)28/h1-16,28,39H,17-19H2,(H2,35,37)(H,38,40). The molecule has 2 heterocycles. The fourth-order valence-corrected chi connectivity index (χ4v) is 6.53. The number of pyridine rings is 2. The van der Waals surface area contributed by atoms with Gasteiger partial charge in [-0.3, -0.25) is 0 Å². The first kappa shape index (κ1) is 27.8. The van der Waals surface area contributed by atoms with Gasteiger partial charge in [-0.2, -0.15) is 0 Å². The Morgan fingerprint density at radius 3 is 2.36 bits per heavy atom. The van der Waals surface area contributed by atoms with Gasteiger partial charge in [0, 0.05) is 40.9 Å². The lowest BCUT2D eigenvalue weighted by Crippen LogP contribution is -2.26. The van der Waals surface area contributed by atoms with Crippen LogP contribution in [0.2, 0.25) is 5.02 Å². The van der Waals surface area contributed by atoms with Crippen molar-refractivity contribution in [3.05, 3.63) is 125 Å². The lowest BCUT2D eigenvalue weighted by atomic mass is 9.98. The Morgan fingerprint density at radius 2 is 1.67 bits per heavy atom. The van der Waals surface area contributed by atoms with E-state index in [1.807, 2.05) is 48.5 Å². The third kappa shape index (κ3) is 5.69. The van der Waals surface area contributed by atoms with Crippen LogP contribution < -0.4 is 11.1 Å². The number of hydrogen-bond donors (Lipinski definition) is 3. The molecule has 3 aromatic carbocycles. The van der Waals surface area contributed by atoms with Crippen LogP contribution in [0.1, 0.15) is 28.2 Å². The van der Waals surface area contributed by atoms with E-state index in [1.54, 1.807) is 24.5 Å². The number of aliphatic hydroxyl groups is 1. The minimum atomic E-state index is -0.530. The second-order valence-electron chi connectivity index (χ2n) is 9.83. The number of anilines is 1. The van der Waals surface area contributed by atoms with Crippen molar-refractivity contribution in [3.8, 4) is 22.3 Å². The molecular weight excluding hydrogens is 568 g/mol. The van der Waals surface area contributed by atoms with Crippen LogP contribution in [-0.2, 0) is 17.9 Å². The van der Waals surface area contributed by atoms with Crippen LogP contribution in [0, 0.1) is 0 Å². The van der Waals surface area contributed by atoms with E-state index >= 15 is 0 Å². The number of carbonyl (C=O) groups excluding carboxylic acids is 1. The first-order valence-corrected chi connectivity index (χ1v) is 14.6. The molecule has 0 unspecified atom stereocenters. The van der Waals surface area contributed by atoms with Crippen LogP contribution in [-0.4, -0.2) is 27.8 Å². The third-order valence-electron chi connectivity index (χ3n) is 7.23. The molecule has 0 atom stereocenters. The number of aromatic nitrogens is 2. The van der Waals surface area contributed by atoms with Crippen molar-refractivity contribution in [2.24, 2.45) is 0 Å². The molecule has 0 saturated carbocycles. The van der Waals surface area contributed by atoms with Crippen LogP contribution >= 0.6 is 23.4 Å². The van der Waals surface area contributed by atoms with Gasteiger partial charge in [-0.15, -0.1) is 0 Å². The Hall–Kier alpha value is -4.37. The largest absolute Gasteiger partial charge is 0.449 e. The molecule has 5 aromatic rings. The molecule has 0 saturated heterocycles. The van der Waals surface area contributed by atoms with E-state index in [-0.39, 0.29) is 25.7 Å². The number of nitrogens with two attached hydrogens (primary N) is 1. The summed E-state index contributed by atoms with van der Waals surface area (Å²) in [6, 6.07) is 27.4. The van der Waals surface area contributed by atoms with Gasteiger partial charge in [0.25, 0.3) is 0 Å². The van der Waals surface area contributed by atoms with E-state index in [0.717, 1.165) is 32.7 Å². The van der Waals surface area contributed by atoms with Crippen molar-refractivity contribution >= 4 is 35.3 Å². The summed E-state index contributed by atoms with van der Waals surface area (Å²) in [7, 11) is 0. The van der Waals surface area contributed by atoms with Gasteiger partial charge in [-0.1, -0.05) is 78.0 Å². The minimum absolute atomic E-state index is 0.0360. The number of halogens is 1. The maximum absolute atomic E-state index is 13.0. The fraction of sp³-hybridized carbons (Fsp3) is 0.121. The van der Waals surface area contributed by atoms with Crippen LogP contribution in [0.4, 0.5) is 10.6 Å². The number of aliphatic hydroxyl groups excluding tert-OH is 1. The Labute approximate surface area is 252 Å². The average molecular weight is 595 g/mol. The molecule has 42 heavy (non-hydrogen) atoms. The van der Waals surface area contributed by atoms with E-state index in [9.17, 15) is 9.90 Å². The number of fused-ring (bicyclic) bond motifs is 3. The maximum Gasteiger partial charge on any atom is 0.407 e. The number of nitrogens with one attached hydrogen (secondary N) is 1. The highest BCUT2D eigenvalue weighted by Crippen LogP contribution is 2.44. The molecule has 210 valence electrons. The van der Waals surface area contributed by atoms with E-state index in [4.69, 9.17) is 22.1 Å². The minimum Gasteiger partial charge on any atom is -0.449 e. The maximum atomic E-state index is 13.0. The lowest BCUT2D eigenvalue weighted by molar-refractivity contribution is 0.142. The molecule has 1 aliphatic carbocycles. The number of benzene rings is 3. The monoisotopic (exact) mass is 594 g/mol. The number of rotatable bonds is 8.